The summed E-state index contributed by atoms with van der Waals surface area (Å²) in [6.07, 6.45) is 50.1. The van der Waals surface area contributed by atoms with Crippen LogP contribution in [0.1, 0.15) is 383 Å². The van der Waals surface area contributed by atoms with E-state index in [1.54, 1.807) is 0 Å². The number of ether oxygens (including phenoxy) is 4. The SMILES string of the molecule is CC(C)CCCCCCCCCCCCCCCCCC(=O)O[C@H](COC(=O)CCCCCCCCC(C)C)COP(=O)(O)OCC(O)COP(=O)(O)OC[C@@H](COC(=O)CCCCCCCCCCCCCCC(C)C)OC(=O)CCCCCCCCCCCCC(C)C. The lowest BCUT2D eigenvalue weighted by atomic mass is 10.0. The summed E-state index contributed by atoms with van der Waals surface area (Å²) in [5.41, 5.74) is 0. The molecule has 3 N–H and O–H groups in total. The highest BCUT2D eigenvalue weighted by atomic mass is 31.2. The number of rotatable bonds is 73. The molecule has 0 aliphatic carbocycles. The van der Waals surface area contributed by atoms with Gasteiger partial charge in [0.1, 0.15) is 19.3 Å². The molecular formula is C76H148O17P2. The van der Waals surface area contributed by atoms with Crippen LogP contribution in [0.15, 0.2) is 0 Å². The van der Waals surface area contributed by atoms with Crippen molar-refractivity contribution < 1.29 is 80.2 Å². The second kappa shape index (κ2) is 65.4. The zero-order valence-electron chi connectivity index (χ0n) is 62.3. The molecule has 3 unspecified atom stereocenters. The predicted octanol–water partition coefficient (Wildman–Crippen LogP) is 22.0. The Labute approximate surface area is 581 Å². The molecule has 0 radical (unpaired) electrons. The van der Waals surface area contributed by atoms with Crippen LogP contribution in [-0.4, -0.2) is 96.7 Å². The molecule has 0 rings (SSSR count). The normalized spacial score (nSPS) is 14.1. The molecule has 0 aromatic rings. The number of phosphoric ester groups is 2. The quantitative estimate of drug-likeness (QED) is 0.0222. The van der Waals surface area contributed by atoms with E-state index in [0.717, 1.165) is 114 Å². The smallest absolute Gasteiger partial charge is 0.462 e. The van der Waals surface area contributed by atoms with Crippen LogP contribution in [0.5, 0.6) is 0 Å². The van der Waals surface area contributed by atoms with Crippen molar-refractivity contribution in [1.82, 2.24) is 0 Å². The first-order valence-corrected chi connectivity index (χ1v) is 42.2. The first-order chi connectivity index (χ1) is 45.6. The minimum Gasteiger partial charge on any atom is -0.462 e. The number of aliphatic hydroxyl groups is 1. The van der Waals surface area contributed by atoms with Crippen molar-refractivity contribution >= 4 is 39.5 Å². The molecule has 0 aliphatic rings. The van der Waals surface area contributed by atoms with E-state index in [9.17, 15) is 43.2 Å². The molecule has 0 saturated carbocycles. The Bertz CT molecular complexity index is 1870. The topological polar surface area (TPSA) is 237 Å². The van der Waals surface area contributed by atoms with Crippen LogP contribution in [0.25, 0.3) is 0 Å². The highest BCUT2D eigenvalue weighted by Crippen LogP contribution is 2.45. The Morgan fingerprint density at radius 1 is 0.263 bits per heavy atom. The summed E-state index contributed by atoms with van der Waals surface area (Å²) in [5.74, 6) is 0.893. The summed E-state index contributed by atoms with van der Waals surface area (Å²) in [5, 5.41) is 10.6. The number of aliphatic hydroxyl groups excluding tert-OH is 1. The fourth-order valence-electron chi connectivity index (χ4n) is 11.6. The molecule has 564 valence electrons. The molecular weight excluding hydrogens is 1250 g/mol. The van der Waals surface area contributed by atoms with Gasteiger partial charge in [-0.1, -0.05) is 331 Å². The standard InChI is InChI=1S/C76H148O17P2/c1-66(2)52-44-36-28-22-16-12-10-9-11-13-19-26-32-42-50-58-75(80)93-72(63-87-74(79)57-49-41-35-34-39-47-55-69(7)8)65-91-95(84,85)89-61-70(77)60-88-94(82,83)90-64-71(92-76(81)59-51-43-33-27-21-20-24-30-38-46-54-68(5)6)62-86-73(78)56-48-40-31-25-18-15-14-17-23-29-37-45-53-67(3)4/h66-72,77H,9-65H2,1-8H3,(H,82,83)(H,84,85)/t70?,71-,72-/m1/s1. The molecule has 0 aromatic heterocycles. The van der Waals surface area contributed by atoms with E-state index in [1.165, 1.54) is 180 Å². The third-order valence-electron chi connectivity index (χ3n) is 17.6. The maximum absolute atomic E-state index is 13.1. The largest absolute Gasteiger partial charge is 0.472 e. The minimum atomic E-state index is -4.96. The summed E-state index contributed by atoms with van der Waals surface area (Å²) in [7, 11) is -9.91. The van der Waals surface area contributed by atoms with Gasteiger partial charge in [0.05, 0.1) is 26.4 Å². The number of carbonyl (C=O) groups is 4. The molecule has 0 amide bonds. The van der Waals surface area contributed by atoms with Gasteiger partial charge in [0.2, 0.25) is 0 Å². The summed E-state index contributed by atoms with van der Waals surface area (Å²) < 4.78 is 68.5. The van der Waals surface area contributed by atoms with Gasteiger partial charge >= 0.3 is 39.5 Å². The Kier molecular flexibility index (Phi) is 64.0. The van der Waals surface area contributed by atoms with Crippen LogP contribution >= 0.6 is 15.6 Å². The van der Waals surface area contributed by atoms with Crippen LogP contribution in [-0.2, 0) is 65.4 Å². The van der Waals surface area contributed by atoms with E-state index in [-0.39, 0.29) is 25.7 Å². The Hall–Kier alpha value is -1.94. The Morgan fingerprint density at radius 2 is 0.442 bits per heavy atom. The molecule has 0 aliphatic heterocycles. The van der Waals surface area contributed by atoms with Gasteiger partial charge in [0.25, 0.3) is 0 Å². The van der Waals surface area contributed by atoms with Crippen LogP contribution in [0.4, 0.5) is 0 Å². The van der Waals surface area contributed by atoms with E-state index in [0.29, 0.717) is 31.6 Å². The fraction of sp³-hybridized carbons (Fsp3) is 0.947. The summed E-state index contributed by atoms with van der Waals surface area (Å²) in [6.45, 7) is 14.1. The van der Waals surface area contributed by atoms with E-state index in [1.807, 2.05) is 0 Å². The number of unbranched alkanes of at least 4 members (excludes halogenated alkanes) is 39. The van der Waals surface area contributed by atoms with Crippen LogP contribution < -0.4 is 0 Å². The van der Waals surface area contributed by atoms with Gasteiger partial charge < -0.3 is 33.8 Å². The highest BCUT2D eigenvalue weighted by Gasteiger charge is 2.30. The lowest BCUT2D eigenvalue weighted by Crippen LogP contribution is -2.30. The third kappa shape index (κ3) is 70.3. The van der Waals surface area contributed by atoms with Crippen LogP contribution in [0.3, 0.4) is 0 Å². The number of esters is 4. The van der Waals surface area contributed by atoms with E-state index >= 15 is 0 Å². The van der Waals surface area contributed by atoms with Crippen LogP contribution in [0.2, 0.25) is 0 Å². The molecule has 0 bridgehead atoms. The van der Waals surface area contributed by atoms with E-state index in [2.05, 4.69) is 55.4 Å². The second-order valence-electron chi connectivity index (χ2n) is 29.3. The van der Waals surface area contributed by atoms with Crippen molar-refractivity contribution in [1.29, 1.82) is 0 Å². The van der Waals surface area contributed by atoms with E-state index in [4.69, 9.17) is 37.0 Å². The number of hydrogen-bond donors (Lipinski definition) is 3. The monoisotopic (exact) mass is 1400 g/mol. The molecule has 0 spiro atoms. The summed E-state index contributed by atoms with van der Waals surface area (Å²) in [4.78, 5) is 72.8. The first-order valence-electron chi connectivity index (χ1n) is 39.2. The van der Waals surface area contributed by atoms with Gasteiger partial charge in [-0.05, 0) is 49.4 Å². The lowest BCUT2D eigenvalue weighted by Gasteiger charge is -2.21. The Balaban J connectivity index is 5.22. The van der Waals surface area contributed by atoms with Crippen molar-refractivity contribution in [2.45, 2.75) is 401 Å². The van der Waals surface area contributed by atoms with Crippen molar-refractivity contribution in [3.63, 3.8) is 0 Å². The van der Waals surface area contributed by atoms with Gasteiger partial charge in [-0.2, -0.15) is 0 Å². The zero-order chi connectivity index (χ0) is 70.3. The average molecular weight is 1400 g/mol. The molecule has 0 heterocycles. The number of phosphoric acid groups is 2. The van der Waals surface area contributed by atoms with Gasteiger partial charge in [0, 0.05) is 25.7 Å². The van der Waals surface area contributed by atoms with Gasteiger partial charge in [0.15, 0.2) is 12.2 Å². The lowest BCUT2D eigenvalue weighted by molar-refractivity contribution is -0.161. The summed E-state index contributed by atoms with van der Waals surface area (Å²) >= 11 is 0. The maximum Gasteiger partial charge on any atom is 0.472 e. The average Bonchev–Trinajstić information content (AvgIpc) is 1.49. The first kappa shape index (κ1) is 93.1. The van der Waals surface area contributed by atoms with Crippen molar-refractivity contribution in [2.75, 3.05) is 39.6 Å². The van der Waals surface area contributed by atoms with E-state index < -0.39 is 97.5 Å². The third-order valence-corrected chi connectivity index (χ3v) is 19.5. The molecule has 95 heavy (non-hydrogen) atoms. The molecule has 0 saturated heterocycles. The van der Waals surface area contributed by atoms with Crippen molar-refractivity contribution in [3.05, 3.63) is 0 Å². The van der Waals surface area contributed by atoms with Crippen molar-refractivity contribution in [2.24, 2.45) is 23.7 Å². The molecule has 19 heteroatoms. The number of hydrogen-bond acceptors (Lipinski definition) is 15. The molecule has 17 nitrogen and oxygen atoms in total. The van der Waals surface area contributed by atoms with Gasteiger partial charge in [-0.25, -0.2) is 9.13 Å². The van der Waals surface area contributed by atoms with Gasteiger partial charge in [-0.3, -0.25) is 37.3 Å². The minimum absolute atomic E-state index is 0.105. The van der Waals surface area contributed by atoms with Crippen LogP contribution in [0, 0.1) is 23.7 Å². The summed E-state index contributed by atoms with van der Waals surface area (Å²) in [6, 6.07) is 0. The predicted molar refractivity (Wildman–Crippen MR) is 386 cm³/mol. The maximum atomic E-state index is 13.1. The zero-order valence-corrected chi connectivity index (χ0v) is 64.1. The highest BCUT2D eigenvalue weighted by molar-refractivity contribution is 7.47. The molecule has 5 atom stereocenters. The fourth-order valence-corrected chi connectivity index (χ4v) is 13.1. The van der Waals surface area contributed by atoms with Gasteiger partial charge in [-0.15, -0.1) is 0 Å². The molecule has 0 fully saturated rings. The molecule has 0 aromatic carbocycles. The Morgan fingerprint density at radius 3 is 0.653 bits per heavy atom. The second-order valence-corrected chi connectivity index (χ2v) is 32.2. The number of carbonyl (C=O) groups excluding carboxylic acids is 4. The van der Waals surface area contributed by atoms with Crippen molar-refractivity contribution in [3.8, 4) is 0 Å².